The van der Waals surface area contributed by atoms with Crippen molar-refractivity contribution in [3.63, 3.8) is 0 Å². The molecule has 1 aliphatic heterocycles. The van der Waals surface area contributed by atoms with E-state index in [0.29, 0.717) is 10.6 Å². The van der Waals surface area contributed by atoms with Gasteiger partial charge in [-0.2, -0.15) is 0 Å². The summed E-state index contributed by atoms with van der Waals surface area (Å²) in [6.45, 7) is 1.99. The fraction of sp³-hybridized carbons (Fsp3) is 0.591. The average molecular weight is 531 g/mol. The summed E-state index contributed by atoms with van der Waals surface area (Å²) >= 11 is 0. The number of primary amides is 2. The summed E-state index contributed by atoms with van der Waals surface area (Å²) in [7, 11) is 0. The Labute approximate surface area is 213 Å². The molecule has 37 heavy (non-hydrogen) atoms. The van der Waals surface area contributed by atoms with E-state index in [4.69, 9.17) is 35.2 Å². The van der Waals surface area contributed by atoms with Crippen molar-refractivity contribution >= 4 is 23.7 Å². The van der Waals surface area contributed by atoms with E-state index >= 15 is 0 Å². The number of rotatable bonds is 14. The van der Waals surface area contributed by atoms with Crippen LogP contribution in [0, 0.1) is 0 Å². The highest BCUT2D eigenvalue weighted by Gasteiger charge is 2.45. The Hall–Kier alpha value is -3.05. The third kappa shape index (κ3) is 9.40. The summed E-state index contributed by atoms with van der Waals surface area (Å²) in [5, 5.41) is 32.0. The van der Waals surface area contributed by atoms with Crippen molar-refractivity contribution in [1.29, 1.82) is 0 Å². The molecule has 15 nitrogen and oxygen atoms in total. The number of urea groups is 2. The number of hydrogen-bond acceptors (Lipinski definition) is 11. The summed E-state index contributed by atoms with van der Waals surface area (Å²) < 4.78 is 27.3. The van der Waals surface area contributed by atoms with Gasteiger partial charge in [-0.3, -0.25) is 4.79 Å². The lowest BCUT2D eigenvalue weighted by atomic mass is 9.97. The first-order valence-electron chi connectivity index (χ1n) is 11.4. The molecule has 0 saturated carbocycles. The van der Waals surface area contributed by atoms with Crippen LogP contribution in [-0.4, -0.2) is 110 Å². The molecular weight excluding hydrogens is 496 g/mol. The number of aliphatic hydroxyl groups is 3. The Balaban J connectivity index is 1.60. The average Bonchev–Trinajstić information content (AvgIpc) is 2.84. The zero-order valence-electron chi connectivity index (χ0n) is 20.4. The van der Waals surface area contributed by atoms with E-state index in [1.165, 1.54) is 19.1 Å². The predicted octanol–water partition coefficient (Wildman–Crippen LogP) is -1.98. The van der Waals surface area contributed by atoms with Crippen LogP contribution in [0.1, 0.15) is 6.92 Å². The maximum atomic E-state index is 11.4. The molecule has 0 bridgehead atoms. The molecule has 1 aromatic carbocycles. The van der Waals surface area contributed by atoms with Gasteiger partial charge in [0.2, 0.25) is 5.91 Å². The molecule has 1 saturated heterocycles. The van der Waals surface area contributed by atoms with Crippen LogP contribution in [0.4, 0.5) is 15.3 Å². The van der Waals surface area contributed by atoms with Crippen LogP contribution in [0.2, 0.25) is 0 Å². The van der Waals surface area contributed by atoms with Crippen LogP contribution in [0.25, 0.3) is 0 Å². The molecule has 15 heteroatoms. The van der Waals surface area contributed by atoms with E-state index in [0.717, 1.165) is 0 Å². The summed E-state index contributed by atoms with van der Waals surface area (Å²) in [5.74, 6) is 0.0429. The summed E-state index contributed by atoms with van der Waals surface area (Å²) in [6, 6.07) is 3.03. The smallest absolute Gasteiger partial charge is 0.327 e. The maximum absolute atomic E-state index is 11.4. The molecule has 1 aliphatic rings. The van der Waals surface area contributed by atoms with Crippen LogP contribution in [0.5, 0.6) is 5.75 Å². The van der Waals surface area contributed by atoms with E-state index in [9.17, 15) is 29.7 Å². The first-order valence-corrected chi connectivity index (χ1v) is 11.4. The second-order valence-electron chi connectivity index (χ2n) is 7.88. The number of anilines is 1. The molecule has 1 aromatic rings. The molecular formula is C22H34N4O11. The molecule has 1 fully saturated rings. The number of nitrogens with one attached hydrogen (secondary N) is 1. The zero-order valence-corrected chi connectivity index (χ0v) is 20.4. The van der Waals surface area contributed by atoms with Crippen molar-refractivity contribution < 1.29 is 53.4 Å². The highest BCUT2D eigenvalue weighted by Crippen LogP contribution is 2.22. The molecule has 1 heterocycles. The number of carbonyl (C=O) groups is 3. The van der Waals surface area contributed by atoms with Gasteiger partial charge in [0, 0.05) is 6.92 Å². The molecule has 2 rings (SSSR count). The Morgan fingerprint density at radius 1 is 0.946 bits per heavy atom. The van der Waals surface area contributed by atoms with Gasteiger partial charge in [0.15, 0.2) is 6.29 Å². The van der Waals surface area contributed by atoms with Crippen molar-refractivity contribution in [3.05, 3.63) is 24.3 Å². The van der Waals surface area contributed by atoms with Crippen LogP contribution in [0.3, 0.4) is 0 Å². The summed E-state index contributed by atoms with van der Waals surface area (Å²) in [5.41, 5.74) is 10.5. The Morgan fingerprint density at radius 2 is 1.51 bits per heavy atom. The lowest BCUT2D eigenvalue weighted by Gasteiger charge is -2.42. The van der Waals surface area contributed by atoms with Crippen molar-refractivity contribution in [2.45, 2.75) is 37.6 Å². The zero-order chi connectivity index (χ0) is 27.4. The number of nitrogens with two attached hydrogens (primary N) is 2. The van der Waals surface area contributed by atoms with E-state index in [2.05, 4.69) is 5.32 Å². The lowest BCUT2D eigenvalue weighted by molar-refractivity contribution is -0.272. The Morgan fingerprint density at radius 3 is 2.05 bits per heavy atom. The van der Waals surface area contributed by atoms with Gasteiger partial charge in [-0.1, -0.05) is 0 Å². The number of carbonyl (C=O) groups excluding carboxylic acids is 3. The normalized spacial score (nSPS) is 23.3. The van der Waals surface area contributed by atoms with Crippen LogP contribution >= 0.6 is 0 Å². The molecule has 0 aliphatic carbocycles. The highest BCUT2D eigenvalue weighted by atomic mass is 16.7. The number of amides is 5. The fourth-order valence-corrected chi connectivity index (χ4v) is 3.43. The monoisotopic (exact) mass is 530 g/mol. The minimum atomic E-state index is -1.38. The lowest BCUT2D eigenvalue weighted by Crippen LogP contribution is -2.64. The fourth-order valence-electron chi connectivity index (χ4n) is 3.43. The molecule has 0 aromatic heterocycles. The predicted molar refractivity (Wildman–Crippen MR) is 127 cm³/mol. The van der Waals surface area contributed by atoms with E-state index < -0.39 is 55.2 Å². The number of aliphatic hydroxyl groups excluding tert-OH is 3. The third-order valence-corrected chi connectivity index (χ3v) is 5.16. The first kappa shape index (κ1) is 30.2. The van der Waals surface area contributed by atoms with Gasteiger partial charge < -0.3 is 55.8 Å². The first-order chi connectivity index (χ1) is 17.6. The Bertz CT molecular complexity index is 859. The quantitative estimate of drug-likeness (QED) is 0.145. The molecule has 8 N–H and O–H groups in total. The minimum absolute atomic E-state index is 0.0593. The molecule has 5 unspecified atom stereocenters. The van der Waals surface area contributed by atoms with Gasteiger partial charge in [-0.25, -0.2) is 14.5 Å². The number of benzene rings is 1. The topological polar surface area (TPSA) is 225 Å². The van der Waals surface area contributed by atoms with Gasteiger partial charge in [0.05, 0.1) is 45.3 Å². The second kappa shape index (κ2) is 15.3. The number of nitrogens with zero attached hydrogens (tertiary/aromatic N) is 1. The van der Waals surface area contributed by atoms with Crippen LogP contribution in [0.15, 0.2) is 24.3 Å². The largest absolute Gasteiger partial charge is 0.491 e. The second-order valence-corrected chi connectivity index (χ2v) is 7.88. The van der Waals surface area contributed by atoms with E-state index in [-0.39, 0.29) is 45.3 Å². The Kier molecular flexibility index (Phi) is 12.4. The highest BCUT2D eigenvalue weighted by molar-refractivity contribution is 6.12. The molecule has 0 radical (unpaired) electrons. The molecule has 0 spiro atoms. The minimum Gasteiger partial charge on any atom is -0.491 e. The van der Waals surface area contributed by atoms with Crippen molar-refractivity contribution in [2.75, 3.05) is 51.1 Å². The van der Waals surface area contributed by atoms with Crippen molar-refractivity contribution in [1.82, 2.24) is 5.32 Å². The van der Waals surface area contributed by atoms with Crippen LogP contribution < -0.4 is 26.4 Å². The standard InChI is InChI=1S/C22H34N4O11/c1-13(28)25-17-19(30)18(29)16(12-27)37-20(17)36-11-9-34-7-6-33-8-10-35-15-4-2-14(3-5-15)26(21(23)31)22(24)32/h2-5,16-20,27,29-30H,6-12H2,1H3,(H2,23,31)(H2,24,32)(H,25,28). The van der Waals surface area contributed by atoms with Gasteiger partial charge in [-0.05, 0) is 24.3 Å². The summed E-state index contributed by atoms with van der Waals surface area (Å²) in [6.07, 6.45) is -4.90. The number of ether oxygens (including phenoxy) is 5. The number of hydrogen-bond donors (Lipinski definition) is 6. The maximum Gasteiger partial charge on any atom is 0.327 e. The molecule has 208 valence electrons. The molecule has 5 amide bonds. The van der Waals surface area contributed by atoms with Gasteiger partial charge in [0.1, 0.15) is 36.7 Å². The van der Waals surface area contributed by atoms with Gasteiger partial charge in [0.25, 0.3) is 0 Å². The molecule has 5 atom stereocenters. The van der Waals surface area contributed by atoms with Gasteiger partial charge in [-0.15, -0.1) is 0 Å². The number of imide groups is 1. The van der Waals surface area contributed by atoms with Crippen molar-refractivity contribution in [2.24, 2.45) is 11.5 Å². The SMILES string of the molecule is CC(=O)NC1C(OCCOCCOCCOc2ccc(N(C(N)=O)C(N)=O)cc2)OC(CO)C(O)C1O. The third-order valence-electron chi connectivity index (χ3n) is 5.16. The van der Waals surface area contributed by atoms with Gasteiger partial charge >= 0.3 is 12.1 Å². The van der Waals surface area contributed by atoms with E-state index in [1.807, 2.05) is 0 Å². The summed E-state index contributed by atoms with van der Waals surface area (Å²) in [4.78, 5) is 34.6. The van der Waals surface area contributed by atoms with Crippen LogP contribution in [-0.2, 0) is 23.7 Å². The van der Waals surface area contributed by atoms with Crippen molar-refractivity contribution in [3.8, 4) is 5.75 Å². The van der Waals surface area contributed by atoms with E-state index in [1.54, 1.807) is 12.1 Å².